The normalized spacial score (nSPS) is 9.64. The highest BCUT2D eigenvalue weighted by Gasteiger charge is 2.07. The number of amides is 1. The van der Waals surface area contributed by atoms with Gasteiger partial charge in [-0.15, -0.1) is 0 Å². The molecule has 0 atom stereocenters. The second-order valence-electron chi connectivity index (χ2n) is 2.30. The number of aryl methyl sites for hydroxylation is 1. The molecule has 0 saturated carbocycles. The summed E-state index contributed by atoms with van der Waals surface area (Å²) >= 11 is 0. The van der Waals surface area contributed by atoms with Crippen LogP contribution in [-0.2, 0) is 6.42 Å². The van der Waals surface area contributed by atoms with Crippen molar-refractivity contribution in [1.82, 2.24) is 10.3 Å². The van der Waals surface area contributed by atoms with Gasteiger partial charge in [0, 0.05) is 18.9 Å². The molecule has 3 heteroatoms. The lowest BCUT2D eigenvalue weighted by molar-refractivity contribution is 0.0962. The topological polar surface area (TPSA) is 44.9 Å². The molecule has 1 aromatic rings. The van der Waals surface area contributed by atoms with Gasteiger partial charge in [-0.25, -0.2) is 0 Å². The first-order chi connectivity index (χ1) is 5.29. The molecule has 1 heterocycles. The van der Waals surface area contributed by atoms with Gasteiger partial charge in [0.25, 0.3) is 5.91 Å². The van der Waals surface area contributed by atoms with E-state index in [0.717, 1.165) is 17.7 Å². The van der Waals surface area contributed by atoms with E-state index in [9.17, 15) is 4.79 Å². The Morgan fingerprint density at radius 1 is 1.73 bits per heavy atom. The van der Waals surface area contributed by atoms with Gasteiger partial charge < -0.3 is 10.3 Å². The van der Waals surface area contributed by atoms with Gasteiger partial charge in [0.1, 0.15) is 0 Å². The molecule has 3 nitrogen and oxygen atoms in total. The van der Waals surface area contributed by atoms with Gasteiger partial charge in [-0.2, -0.15) is 0 Å². The number of H-pyrrole nitrogens is 1. The Labute approximate surface area is 65.8 Å². The van der Waals surface area contributed by atoms with Crippen molar-refractivity contribution in [3.63, 3.8) is 0 Å². The monoisotopic (exact) mass is 152 g/mol. The minimum Gasteiger partial charge on any atom is -0.364 e. The average Bonchev–Trinajstić information content (AvgIpc) is 2.50. The number of aromatic amines is 1. The summed E-state index contributed by atoms with van der Waals surface area (Å²) in [5, 5.41) is 2.58. The lowest BCUT2D eigenvalue weighted by atomic mass is 10.2. The molecule has 0 aliphatic carbocycles. The third kappa shape index (κ3) is 1.42. The number of aromatic nitrogens is 1. The molecular formula is C8H12N2O. The molecule has 1 aromatic heterocycles. The van der Waals surface area contributed by atoms with E-state index in [2.05, 4.69) is 10.3 Å². The predicted octanol–water partition coefficient (Wildman–Crippen LogP) is 0.937. The van der Waals surface area contributed by atoms with E-state index in [-0.39, 0.29) is 5.91 Å². The third-order valence-corrected chi connectivity index (χ3v) is 1.66. The first-order valence-corrected chi connectivity index (χ1v) is 3.68. The molecule has 11 heavy (non-hydrogen) atoms. The maximum absolute atomic E-state index is 11.1. The van der Waals surface area contributed by atoms with Crippen LogP contribution in [0, 0.1) is 0 Å². The van der Waals surface area contributed by atoms with Crippen LogP contribution in [-0.4, -0.2) is 17.9 Å². The van der Waals surface area contributed by atoms with Crippen LogP contribution in [0.15, 0.2) is 12.3 Å². The van der Waals surface area contributed by atoms with E-state index in [0.29, 0.717) is 0 Å². The molecule has 0 saturated heterocycles. The number of carbonyl (C=O) groups excluding carboxylic acids is 1. The molecule has 60 valence electrons. The maximum atomic E-state index is 11.1. The van der Waals surface area contributed by atoms with Crippen molar-refractivity contribution in [3.05, 3.63) is 23.5 Å². The summed E-state index contributed by atoms with van der Waals surface area (Å²) in [5.41, 5.74) is 1.74. The van der Waals surface area contributed by atoms with Crippen molar-refractivity contribution in [2.75, 3.05) is 7.05 Å². The SMILES string of the molecule is CCc1[nH]ccc1C(=O)NC. The van der Waals surface area contributed by atoms with Gasteiger partial charge in [0.15, 0.2) is 0 Å². The van der Waals surface area contributed by atoms with Crippen molar-refractivity contribution >= 4 is 5.91 Å². The van der Waals surface area contributed by atoms with Crippen molar-refractivity contribution in [1.29, 1.82) is 0 Å². The van der Waals surface area contributed by atoms with Gasteiger partial charge in [-0.3, -0.25) is 4.79 Å². The highest BCUT2D eigenvalue weighted by Crippen LogP contribution is 2.06. The number of hydrogen-bond acceptors (Lipinski definition) is 1. The minimum atomic E-state index is -0.0249. The van der Waals surface area contributed by atoms with E-state index >= 15 is 0 Å². The Morgan fingerprint density at radius 3 is 3.00 bits per heavy atom. The third-order valence-electron chi connectivity index (χ3n) is 1.66. The number of hydrogen-bond donors (Lipinski definition) is 2. The summed E-state index contributed by atoms with van der Waals surface area (Å²) < 4.78 is 0. The lowest BCUT2D eigenvalue weighted by Crippen LogP contribution is -2.18. The molecular weight excluding hydrogens is 140 g/mol. The van der Waals surface area contributed by atoms with Crippen LogP contribution in [0.5, 0.6) is 0 Å². The second-order valence-corrected chi connectivity index (χ2v) is 2.30. The lowest BCUT2D eigenvalue weighted by Gasteiger charge is -1.98. The molecule has 2 N–H and O–H groups in total. The Balaban J connectivity index is 2.92. The zero-order valence-corrected chi connectivity index (χ0v) is 6.77. The number of nitrogens with one attached hydrogen (secondary N) is 2. The Kier molecular flexibility index (Phi) is 2.31. The van der Waals surface area contributed by atoms with E-state index in [1.54, 1.807) is 19.3 Å². The van der Waals surface area contributed by atoms with Crippen molar-refractivity contribution in [3.8, 4) is 0 Å². The van der Waals surface area contributed by atoms with E-state index in [1.807, 2.05) is 6.92 Å². The van der Waals surface area contributed by atoms with Crippen LogP contribution < -0.4 is 5.32 Å². The highest BCUT2D eigenvalue weighted by molar-refractivity contribution is 5.95. The zero-order valence-electron chi connectivity index (χ0n) is 6.77. The molecule has 0 spiro atoms. The summed E-state index contributed by atoms with van der Waals surface area (Å²) in [6.07, 6.45) is 2.64. The second kappa shape index (κ2) is 3.23. The average molecular weight is 152 g/mol. The fourth-order valence-electron chi connectivity index (χ4n) is 1.04. The zero-order chi connectivity index (χ0) is 8.27. The van der Waals surface area contributed by atoms with Crippen LogP contribution in [0.3, 0.4) is 0 Å². The fourth-order valence-corrected chi connectivity index (χ4v) is 1.04. The van der Waals surface area contributed by atoms with Crippen LogP contribution in [0.2, 0.25) is 0 Å². The Hall–Kier alpha value is -1.25. The Bertz CT molecular complexity index is 252. The smallest absolute Gasteiger partial charge is 0.252 e. The van der Waals surface area contributed by atoms with E-state index < -0.39 is 0 Å². The molecule has 0 radical (unpaired) electrons. The molecule has 0 aliphatic heterocycles. The molecule has 0 bridgehead atoms. The highest BCUT2D eigenvalue weighted by atomic mass is 16.1. The summed E-state index contributed by atoms with van der Waals surface area (Å²) in [6.45, 7) is 2.01. The molecule has 0 unspecified atom stereocenters. The Morgan fingerprint density at radius 2 is 2.45 bits per heavy atom. The first-order valence-electron chi connectivity index (χ1n) is 3.68. The van der Waals surface area contributed by atoms with Gasteiger partial charge >= 0.3 is 0 Å². The molecule has 1 amide bonds. The largest absolute Gasteiger partial charge is 0.364 e. The quantitative estimate of drug-likeness (QED) is 0.650. The summed E-state index contributed by atoms with van der Waals surface area (Å²) in [5.74, 6) is -0.0249. The van der Waals surface area contributed by atoms with Gasteiger partial charge in [-0.1, -0.05) is 6.92 Å². The summed E-state index contributed by atoms with van der Waals surface area (Å²) in [4.78, 5) is 14.1. The van der Waals surface area contributed by atoms with Gasteiger partial charge in [0.05, 0.1) is 5.56 Å². The molecule has 0 aromatic carbocycles. The predicted molar refractivity (Wildman–Crippen MR) is 43.6 cm³/mol. The van der Waals surface area contributed by atoms with Gasteiger partial charge in [0.2, 0.25) is 0 Å². The standard InChI is InChI=1S/C8H12N2O/c1-3-7-6(4-5-10-7)8(11)9-2/h4-5,10H,3H2,1-2H3,(H,9,11). The van der Waals surface area contributed by atoms with E-state index in [1.165, 1.54) is 0 Å². The first kappa shape index (κ1) is 7.85. The van der Waals surface area contributed by atoms with Crippen molar-refractivity contribution < 1.29 is 4.79 Å². The fraction of sp³-hybridized carbons (Fsp3) is 0.375. The molecule has 0 aliphatic rings. The molecule has 1 rings (SSSR count). The van der Waals surface area contributed by atoms with Crippen molar-refractivity contribution in [2.45, 2.75) is 13.3 Å². The van der Waals surface area contributed by atoms with Crippen LogP contribution in [0.1, 0.15) is 23.0 Å². The van der Waals surface area contributed by atoms with Crippen LogP contribution in [0.25, 0.3) is 0 Å². The number of carbonyl (C=O) groups is 1. The number of rotatable bonds is 2. The van der Waals surface area contributed by atoms with Gasteiger partial charge in [-0.05, 0) is 12.5 Å². The minimum absolute atomic E-state index is 0.0249. The summed E-state index contributed by atoms with van der Waals surface area (Å²) in [6, 6.07) is 1.79. The van der Waals surface area contributed by atoms with E-state index in [4.69, 9.17) is 0 Å². The molecule has 0 fully saturated rings. The van der Waals surface area contributed by atoms with Crippen LogP contribution >= 0.6 is 0 Å². The van der Waals surface area contributed by atoms with Crippen molar-refractivity contribution in [2.24, 2.45) is 0 Å². The summed E-state index contributed by atoms with van der Waals surface area (Å²) in [7, 11) is 1.63. The maximum Gasteiger partial charge on any atom is 0.252 e. The van der Waals surface area contributed by atoms with Crippen LogP contribution in [0.4, 0.5) is 0 Å².